The number of hydrogen-bond acceptors (Lipinski definition) is 2. The molecule has 3 heteroatoms. The third-order valence-corrected chi connectivity index (χ3v) is 4.55. The molecular weight excluding hydrogens is 268 g/mol. The van der Waals surface area contributed by atoms with Gasteiger partial charge in [-0.25, -0.2) is 0 Å². The summed E-state index contributed by atoms with van der Waals surface area (Å²) in [5.41, 5.74) is 2.49. The number of rotatable bonds is 5. The second-order valence-corrected chi connectivity index (χ2v) is 6.08. The average Bonchev–Trinajstić information content (AvgIpc) is 2.70. The minimum Gasteiger partial charge on any atom is -0.367 e. The monoisotopic (exact) mass is 294 g/mol. The summed E-state index contributed by atoms with van der Waals surface area (Å²) >= 11 is 6.55. The Morgan fingerprint density at radius 3 is 2.80 bits per heavy atom. The number of nitrogens with zero attached hydrogens (tertiary/aromatic N) is 1. The molecule has 1 heterocycles. The van der Waals surface area contributed by atoms with Gasteiger partial charge in [-0.3, -0.25) is 0 Å². The lowest BCUT2D eigenvalue weighted by atomic mass is 10.1. The molecule has 0 saturated carbocycles. The topological polar surface area (TPSA) is 15.3 Å². The molecule has 0 radical (unpaired) electrons. The first-order valence-electron chi connectivity index (χ1n) is 8.02. The van der Waals surface area contributed by atoms with Gasteiger partial charge >= 0.3 is 0 Å². The first-order chi connectivity index (χ1) is 9.76. The lowest BCUT2D eigenvalue weighted by Gasteiger charge is -2.32. The fourth-order valence-electron chi connectivity index (χ4n) is 3.08. The number of hydrogen-bond donors (Lipinski definition) is 1. The summed E-state index contributed by atoms with van der Waals surface area (Å²) in [7, 11) is 0. The normalized spacial score (nSPS) is 19.9. The quantitative estimate of drug-likeness (QED) is 0.853. The van der Waals surface area contributed by atoms with E-state index in [9.17, 15) is 0 Å². The minimum absolute atomic E-state index is 0.648. The van der Waals surface area contributed by atoms with E-state index in [1.54, 1.807) is 0 Å². The molecule has 1 saturated heterocycles. The van der Waals surface area contributed by atoms with Gasteiger partial charge in [0.1, 0.15) is 0 Å². The molecule has 1 aromatic carbocycles. The maximum Gasteiger partial charge on any atom is 0.0642 e. The van der Waals surface area contributed by atoms with E-state index in [1.165, 1.54) is 43.4 Å². The largest absolute Gasteiger partial charge is 0.367 e. The van der Waals surface area contributed by atoms with Gasteiger partial charge < -0.3 is 10.2 Å². The van der Waals surface area contributed by atoms with Crippen molar-refractivity contribution in [2.45, 2.75) is 58.5 Å². The van der Waals surface area contributed by atoms with Gasteiger partial charge in [-0.15, -0.1) is 0 Å². The summed E-state index contributed by atoms with van der Waals surface area (Å²) in [4.78, 5) is 2.53. The Kier molecular flexibility index (Phi) is 6.18. The first kappa shape index (κ1) is 15.7. The Morgan fingerprint density at radius 1 is 1.25 bits per heavy atom. The predicted molar refractivity (Wildman–Crippen MR) is 88.7 cm³/mol. The molecule has 0 aliphatic carbocycles. The van der Waals surface area contributed by atoms with E-state index in [4.69, 9.17) is 11.6 Å². The molecule has 1 unspecified atom stereocenters. The van der Waals surface area contributed by atoms with Crippen LogP contribution in [0.3, 0.4) is 0 Å². The van der Waals surface area contributed by atoms with Crippen LogP contribution in [-0.2, 0) is 6.54 Å². The summed E-state index contributed by atoms with van der Waals surface area (Å²) in [6.07, 6.45) is 6.49. The average molecular weight is 295 g/mol. The van der Waals surface area contributed by atoms with Crippen LogP contribution in [0.15, 0.2) is 18.2 Å². The van der Waals surface area contributed by atoms with Crippen molar-refractivity contribution < 1.29 is 0 Å². The van der Waals surface area contributed by atoms with Gasteiger partial charge in [-0.05, 0) is 43.5 Å². The summed E-state index contributed by atoms with van der Waals surface area (Å²) in [6, 6.07) is 7.19. The molecule has 1 aliphatic heterocycles. The van der Waals surface area contributed by atoms with Crippen molar-refractivity contribution >= 4 is 17.3 Å². The summed E-state index contributed by atoms with van der Waals surface area (Å²) in [5, 5.41) is 4.25. The van der Waals surface area contributed by atoms with Crippen LogP contribution in [0.4, 0.5) is 5.69 Å². The van der Waals surface area contributed by atoms with Crippen molar-refractivity contribution in [3.8, 4) is 0 Å². The Balaban J connectivity index is 2.17. The van der Waals surface area contributed by atoms with Gasteiger partial charge in [0.15, 0.2) is 0 Å². The van der Waals surface area contributed by atoms with E-state index in [-0.39, 0.29) is 0 Å². The van der Waals surface area contributed by atoms with Crippen molar-refractivity contribution in [1.82, 2.24) is 5.32 Å². The summed E-state index contributed by atoms with van der Waals surface area (Å²) in [5.74, 6) is 0. The Morgan fingerprint density at radius 2 is 2.10 bits per heavy atom. The smallest absolute Gasteiger partial charge is 0.0642 e. The third kappa shape index (κ3) is 3.89. The van der Waals surface area contributed by atoms with Crippen molar-refractivity contribution in [2.75, 3.05) is 18.0 Å². The molecule has 1 aliphatic rings. The second kappa shape index (κ2) is 7.90. The molecular formula is C17H27ClN2. The molecule has 0 bridgehead atoms. The molecule has 112 valence electrons. The summed E-state index contributed by atoms with van der Waals surface area (Å²) in [6.45, 7) is 7.44. The van der Waals surface area contributed by atoms with Gasteiger partial charge in [0.05, 0.1) is 10.7 Å². The van der Waals surface area contributed by atoms with Gasteiger partial charge in [0.25, 0.3) is 0 Å². The zero-order valence-corrected chi connectivity index (χ0v) is 13.5. The number of nitrogens with one attached hydrogen (secondary N) is 1. The molecule has 1 aromatic rings. The molecule has 0 spiro atoms. The van der Waals surface area contributed by atoms with Crippen molar-refractivity contribution in [3.63, 3.8) is 0 Å². The zero-order valence-electron chi connectivity index (χ0n) is 12.8. The maximum absolute atomic E-state index is 6.55. The summed E-state index contributed by atoms with van der Waals surface area (Å²) < 4.78 is 0. The standard InChI is InChI=1S/C17H27ClN2/c1-3-15-8-6-5-7-11-20(15)17-10-9-14(12-16(17)18)13-19-4-2/h9-10,12,15,19H,3-8,11,13H2,1-2H3. The highest BCUT2D eigenvalue weighted by Crippen LogP contribution is 2.32. The minimum atomic E-state index is 0.648. The molecule has 0 amide bonds. The van der Waals surface area contributed by atoms with Crippen LogP contribution >= 0.6 is 11.6 Å². The highest BCUT2D eigenvalue weighted by molar-refractivity contribution is 6.33. The predicted octanol–water partition coefficient (Wildman–Crippen LogP) is 4.61. The van der Waals surface area contributed by atoms with Crippen LogP contribution in [0, 0.1) is 0 Å². The zero-order chi connectivity index (χ0) is 14.4. The number of benzene rings is 1. The fourth-order valence-corrected chi connectivity index (χ4v) is 3.39. The second-order valence-electron chi connectivity index (χ2n) is 5.67. The lowest BCUT2D eigenvalue weighted by Crippen LogP contribution is -2.34. The molecule has 1 N–H and O–H groups in total. The molecule has 2 rings (SSSR count). The molecule has 2 nitrogen and oxygen atoms in total. The molecule has 20 heavy (non-hydrogen) atoms. The maximum atomic E-state index is 6.55. The molecule has 1 fully saturated rings. The number of halogens is 1. The van der Waals surface area contributed by atoms with Gasteiger partial charge in [0.2, 0.25) is 0 Å². The van der Waals surface area contributed by atoms with E-state index in [1.807, 2.05) is 0 Å². The highest BCUT2D eigenvalue weighted by atomic mass is 35.5. The van der Waals surface area contributed by atoms with E-state index in [2.05, 4.69) is 42.3 Å². The van der Waals surface area contributed by atoms with Crippen LogP contribution in [-0.4, -0.2) is 19.1 Å². The third-order valence-electron chi connectivity index (χ3n) is 4.25. The van der Waals surface area contributed by atoms with Crippen LogP contribution in [0.1, 0.15) is 51.5 Å². The van der Waals surface area contributed by atoms with E-state index < -0.39 is 0 Å². The molecule has 1 atom stereocenters. The van der Waals surface area contributed by atoms with Gasteiger partial charge in [-0.1, -0.05) is 44.4 Å². The fraction of sp³-hybridized carbons (Fsp3) is 0.647. The van der Waals surface area contributed by atoms with Crippen LogP contribution < -0.4 is 10.2 Å². The van der Waals surface area contributed by atoms with Crippen molar-refractivity contribution in [1.29, 1.82) is 0 Å². The van der Waals surface area contributed by atoms with Crippen molar-refractivity contribution in [2.24, 2.45) is 0 Å². The van der Waals surface area contributed by atoms with Gasteiger partial charge in [0, 0.05) is 19.1 Å². The highest BCUT2D eigenvalue weighted by Gasteiger charge is 2.21. The lowest BCUT2D eigenvalue weighted by molar-refractivity contribution is 0.556. The molecule has 0 aromatic heterocycles. The van der Waals surface area contributed by atoms with E-state index >= 15 is 0 Å². The van der Waals surface area contributed by atoms with Crippen molar-refractivity contribution in [3.05, 3.63) is 28.8 Å². The van der Waals surface area contributed by atoms with Crippen LogP contribution in [0.25, 0.3) is 0 Å². The first-order valence-corrected chi connectivity index (χ1v) is 8.39. The Bertz CT molecular complexity index is 419. The van der Waals surface area contributed by atoms with E-state index in [0.29, 0.717) is 6.04 Å². The Hall–Kier alpha value is -0.730. The SMILES string of the molecule is CCNCc1ccc(N2CCCCCC2CC)c(Cl)c1. The Labute approximate surface area is 128 Å². The van der Waals surface area contributed by atoms with Crippen LogP contribution in [0.5, 0.6) is 0 Å². The van der Waals surface area contributed by atoms with Crippen LogP contribution in [0.2, 0.25) is 5.02 Å². The van der Waals surface area contributed by atoms with Gasteiger partial charge in [-0.2, -0.15) is 0 Å². The number of anilines is 1. The van der Waals surface area contributed by atoms with E-state index in [0.717, 1.165) is 24.7 Å².